The molecule has 4 rings (SSSR count). The van der Waals surface area contributed by atoms with Crippen molar-refractivity contribution in [3.05, 3.63) is 0 Å². The van der Waals surface area contributed by atoms with Gasteiger partial charge in [-0.25, -0.2) is 0 Å². The summed E-state index contributed by atoms with van der Waals surface area (Å²) in [4.78, 5) is 0. The highest BCUT2D eigenvalue weighted by Gasteiger charge is 2.44. The first-order valence-electron chi connectivity index (χ1n) is 6.23. The third-order valence-electron chi connectivity index (χ3n) is 4.90. The summed E-state index contributed by atoms with van der Waals surface area (Å²) in [6.45, 7) is 2.57. The van der Waals surface area contributed by atoms with Gasteiger partial charge in [-0.15, -0.1) is 0 Å². The SMILES string of the molecule is CC12CC3CCCC(CC(C3)C1)C2. The molecule has 4 fully saturated rings. The molecule has 4 aliphatic carbocycles. The van der Waals surface area contributed by atoms with E-state index in [2.05, 4.69) is 6.92 Å². The van der Waals surface area contributed by atoms with E-state index in [0.717, 1.165) is 23.2 Å². The molecule has 0 aromatic rings. The Morgan fingerprint density at radius 1 is 0.846 bits per heavy atom. The number of fused-ring (bicyclic) bond motifs is 2. The van der Waals surface area contributed by atoms with Gasteiger partial charge in [0.15, 0.2) is 0 Å². The van der Waals surface area contributed by atoms with E-state index in [1.165, 1.54) is 6.42 Å². The van der Waals surface area contributed by atoms with E-state index >= 15 is 0 Å². The molecule has 4 aliphatic rings. The van der Waals surface area contributed by atoms with Crippen LogP contribution in [0.4, 0.5) is 0 Å². The Labute approximate surface area is 82.1 Å². The predicted molar refractivity (Wildman–Crippen MR) is 55.5 cm³/mol. The van der Waals surface area contributed by atoms with Crippen molar-refractivity contribution < 1.29 is 0 Å². The Balaban J connectivity index is 1.89. The Morgan fingerprint density at radius 3 is 1.92 bits per heavy atom. The zero-order valence-corrected chi connectivity index (χ0v) is 8.89. The number of hydrogen-bond donors (Lipinski definition) is 0. The van der Waals surface area contributed by atoms with Gasteiger partial charge >= 0.3 is 0 Å². The van der Waals surface area contributed by atoms with Crippen LogP contribution in [-0.4, -0.2) is 0 Å². The highest BCUT2D eigenvalue weighted by Crippen LogP contribution is 2.55. The Morgan fingerprint density at radius 2 is 1.38 bits per heavy atom. The van der Waals surface area contributed by atoms with Gasteiger partial charge in [0.2, 0.25) is 0 Å². The summed E-state index contributed by atoms with van der Waals surface area (Å²) in [6, 6.07) is 0. The maximum atomic E-state index is 2.57. The number of rotatable bonds is 0. The highest BCUT2D eigenvalue weighted by molar-refractivity contribution is 4.95. The van der Waals surface area contributed by atoms with Gasteiger partial charge in [0, 0.05) is 0 Å². The fourth-order valence-corrected chi connectivity index (χ4v) is 4.85. The van der Waals surface area contributed by atoms with E-state index < -0.39 is 0 Å². The summed E-state index contributed by atoms with van der Waals surface area (Å²) in [5, 5.41) is 0. The van der Waals surface area contributed by atoms with E-state index in [9.17, 15) is 0 Å². The zero-order chi connectivity index (χ0) is 8.89. The van der Waals surface area contributed by atoms with E-state index in [0.29, 0.717) is 0 Å². The van der Waals surface area contributed by atoms with E-state index in [4.69, 9.17) is 0 Å². The van der Waals surface area contributed by atoms with Crippen LogP contribution in [0.1, 0.15) is 58.3 Å². The minimum absolute atomic E-state index is 0.775. The van der Waals surface area contributed by atoms with Crippen LogP contribution in [0.5, 0.6) is 0 Å². The van der Waals surface area contributed by atoms with Crippen molar-refractivity contribution in [2.45, 2.75) is 58.3 Å². The lowest BCUT2D eigenvalue weighted by atomic mass is 9.54. The minimum Gasteiger partial charge on any atom is -0.0596 e. The molecule has 0 nitrogen and oxygen atoms in total. The smallest absolute Gasteiger partial charge is 0.0318 e. The summed E-state index contributed by atoms with van der Waals surface area (Å²) in [5.74, 6) is 3.36. The van der Waals surface area contributed by atoms with Crippen LogP contribution < -0.4 is 0 Å². The van der Waals surface area contributed by atoms with Crippen LogP contribution in [-0.2, 0) is 0 Å². The van der Waals surface area contributed by atoms with Crippen molar-refractivity contribution in [3.63, 3.8) is 0 Å². The largest absolute Gasteiger partial charge is 0.0596 e. The second-order valence-electron chi connectivity index (χ2n) is 6.42. The van der Waals surface area contributed by atoms with Gasteiger partial charge in [-0.3, -0.25) is 0 Å². The molecular formula is C13H22. The lowest BCUT2D eigenvalue weighted by Crippen LogP contribution is -2.39. The van der Waals surface area contributed by atoms with E-state index in [-0.39, 0.29) is 0 Å². The number of hydrogen-bond acceptors (Lipinski definition) is 0. The molecule has 0 heteroatoms. The molecule has 0 radical (unpaired) electrons. The topological polar surface area (TPSA) is 0 Å². The van der Waals surface area contributed by atoms with Crippen molar-refractivity contribution in [1.29, 1.82) is 0 Å². The Hall–Kier alpha value is 0. The Bertz CT molecular complexity index is 190. The summed E-state index contributed by atoms with van der Waals surface area (Å²) < 4.78 is 0. The fourth-order valence-electron chi connectivity index (χ4n) is 4.85. The van der Waals surface area contributed by atoms with Crippen molar-refractivity contribution in [2.24, 2.45) is 23.2 Å². The maximum absolute atomic E-state index is 2.57. The van der Waals surface area contributed by atoms with Gasteiger partial charge < -0.3 is 0 Å². The van der Waals surface area contributed by atoms with Gasteiger partial charge in [-0.2, -0.15) is 0 Å². The quantitative estimate of drug-likeness (QED) is 0.526. The standard InChI is InChI=1S/C13H22/c1-13-7-10-3-2-4-11(8-13)6-12(5-10)9-13/h10-12H,2-9H2,1H3. The molecule has 4 saturated carbocycles. The predicted octanol–water partition coefficient (Wildman–Crippen LogP) is 4.00. The molecule has 4 bridgehead atoms. The Kier molecular flexibility index (Phi) is 1.76. The summed E-state index contributed by atoms with van der Waals surface area (Å²) in [6.07, 6.45) is 12.5. The molecular weight excluding hydrogens is 156 g/mol. The molecule has 0 aromatic carbocycles. The third-order valence-corrected chi connectivity index (χ3v) is 4.90. The molecule has 74 valence electrons. The monoisotopic (exact) mass is 178 g/mol. The van der Waals surface area contributed by atoms with Crippen LogP contribution in [0.2, 0.25) is 0 Å². The summed E-state index contributed by atoms with van der Waals surface area (Å²) in [7, 11) is 0. The third kappa shape index (κ3) is 1.43. The van der Waals surface area contributed by atoms with Crippen LogP contribution in [0.3, 0.4) is 0 Å². The average Bonchev–Trinajstić information content (AvgIpc) is 1.97. The molecule has 0 saturated heterocycles. The zero-order valence-electron chi connectivity index (χ0n) is 8.89. The molecule has 0 amide bonds. The summed E-state index contributed by atoms with van der Waals surface area (Å²) in [5.41, 5.74) is 0.775. The molecule has 0 spiro atoms. The highest BCUT2D eigenvalue weighted by atomic mass is 14.5. The molecule has 2 unspecified atom stereocenters. The molecule has 0 N–H and O–H groups in total. The fraction of sp³-hybridized carbons (Fsp3) is 1.00. The first kappa shape index (κ1) is 8.32. The van der Waals surface area contributed by atoms with E-state index in [1.807, 2.05) is 0 Å². The molecule has 0 aromatic heterocycles. The van der Waals surface area contributed by atoms with Gasteiger partial charge in [0.05, 0.1) is 0 Å². The van der Waals surface area contributed by atoms with E-state index in [1.54, 1.807) is 44.9 Å². The van der Waals surface area contributed by atoms with Gasteiger partial charge in [0.25, 0.3) is 0 Å². The van der Waals surface area contributed by atoms with Crippen molar-refractivity contribution in [2.75, 3.05) is 0 Å². The summed E-state index contributed by atoms with van der Waals surface area (Å²) >= 11 is 0. The molecule has 13 heavy (non-hydrogen) atoms. The molecule has 2 atom stereocenters. The van der Waals surface area contributed by atoms with Crippen molar-refractivity contribution in [3.8, 4) is 0 Å². The normalized spacial score (nSPS) is 54.7. The van der Waals surface area contributed by atoms with Gasteiger partial charge in [0.1, 0.15) is 0 Å². The lowest BCUT2D eigenvalue weighted by Gasteiger charge is -2.51. The van der Waals surface area contributed by atoms with Crippen LogP contribution in [0.15, 0.2) is 0 Å². The average molecular weight is 178 g/mol. The maximum Gasteiger partial charge on any atom is -0.0318 e. The van der Waals surface area contributed by atoms with Crippen LogP contribution >= 0.6 is 0 Å². The van der Waals surface area contributed by atoms with Crippen molar-refractivity contribution in [1.82, 2.24) is 0 Å². The molecule has 0 aliphatic heterocycles. The first-order chi connectivity index (χ1) is 6.23. The van der Waals surface area contributed by atoms with Crippen LogP contribution in [0, 0.1) is 23.2 Å². The first-order valence-corrected chi connectivity index (χ1v) is 6.23. The second kappa shape index (κ2) is 2.74. The lowest BCUT2D eigenvalue weighted by molar-refractivity contribution is 0.000911. The van der Waals surface area contributed by atoms with Crippen molar-refractivity contribution >= 4 is 0 Å². The van der Waals surface area contributed by atoms with Gasteiger partial charge in [-0.1, -0.05) is 26.2 Å². The van der Waals surface area contributed by atoms with Crippen LogP contribution in [0.25, 0.3) is 0 Å². The van der Waals surface area contributed by atoms with Gasteiger partial charge in [-0.05, 0) is 55.3 Å². The second-order valence-corrected chi connectivity index (χ2v) is 6.42. The minimum atomic E-state index is 0.775. The molecule has 0 heterocycles.